The molecule has 0 aliphatic carbocycles. The molecule has 11 atom stereocenters. The van der Waals surface area contributed by atoms with Crippen LogP contribution in [0.15, 0.2) is 36.1 Å². The van der Waals surface area contributed by atoms with E-state index in [1.807, 2.05) is 0 Å². The van der Waals surface area contributed by atoms with E-state index in [2.05, 4.69) is 4.74 Å². The van der Waals surface area contributed by atoms with Gasteiger partial charge >= 0.3 is 11.9 Å². The number of esters is 2. The van der Waals surface area contributed by atoms with E-state index < -0.39 is 104 Å². The molecular formula is C31H37O18+. The summed E-state index contributed by atoms with van der Waals surface area (Å²) in [6.07, 6.45) is -16.5. The predicted molar refractivity (Wildman–Crippen MR) is 159 cm³/mol. The molecular weight excluding hydrogens is 660 g/mol. The molecule has 0 bridgehead atoms. The maximum absolute atomic E-state index is 11.4. The summed E-state index contributed by atoms with van der Waals surface area (Å²) >= 11 is 0. The molecule has 0 radical (unpaired) electrons. The molecule has 2 aromatic rings. The van der Waals surface area contributed by atoms with Crippen LogP contribution in [-0.4, -0.2) is 137 Å². The van der Waals surface area contributed by atoms with Crippen molar-refractivity contribution < 1.29 is 88.7 Å². The molecule has 0 spiro atoms. The second-order valence-corrected chi connectivity index (χ2v) is 11.6. The molecule has 3 aliphatic heterocycles. The molecule has 3 aliphatic rings. The third-order valence-electron chi connectivity index (χ3n) is 7.98. The normalized spacial score (nSPS) is 32.6. The van der Waals surface area contributed by atoms with Crippen LogP contribution in [0.5, 0.6) is 28.7 Å². The van der Waals surface area contributed by atoms with Gasteiger partial charge in [0.05, 0.1) is 11.6 Å². The second kappa shape index (κ2) is 14.6. The molecule has 0 amide bonds. The highest BCUT2D eigenvalue weighted by Crippen LogP contribution is 2.47. The van der Waals surface area contributed by atoms with Crippen LogP contribution in [0.4, 0.5) is 0 Å². The van der Waals surface area contributed by atoms with Crippen molar-refractivity contribution in [2.24, 2.45) is 0 Å². The molecule has 2 saturated heterocycles. The van der Waals surface area contributed by atoms with Crippen molar-refractivity contribution in [3.63, 3.8) is 0 Å². The van der Waals surface area contributed by atoms with Crippen molar-refractivity contribution in [1.29, 1.82) is 0 Å². The Bertz CT molecular complexity index is 1560. The van der Waals surface area contributed by atoms with Gasteiger partial charge in [-0.3, -0.25) is 9.59 Å². The van der Waals surface area contributed by atoms with Crippen molar-refractivity contribution >= 4 is 18.0 Å². The largest absolute Gasteiger partial charge is 0.571 e. The first-order valence-electron chi connectivity index (χ1n) is 14.9. The van der Waals surface area contributed by atoms with Crippen LogP contribution in [0.3, 0.4) is 0 Å². The zero-order valence-corrected chi connectivity index (χ0v) is 26.0. The Balaban J connectivity index is 1.51. The van der Waals surface area contributed by atoms with E-state index in [1.54, 1.807) is 0 Å². The van der Waals surface area contributed by atoms with Crippen molar-refractivity contribution in [3.05, 3.63) is 47.2 Å². The first-order valence-corrected chi connectivity index (χ1v) is 14.9. The number of phenols is 3. The zero-order chi connectivity index (χ0) is 35.7. The Morgan fingerprint density at radius 2 is 1.27 bits per heavy atom. The Morgan fingerprint density at radius 1 is 0.714 bits per heavy atom. The van der Waals surface area contributed by atoms with E-state index in [4.69, 9.17) is 28.4 Å². The van der Waals surface area contributed by atoms with Crippen LogP contribution >= 0.6 is 0 Å². The van der Waals surface area contributed by atoms with E-state index in [-0.39, 0.29) is 34.1 Å². The van der Waals surface area contributed by atoms with Gasteiger partial charge in [0.15, 0.2) is 17.3 Å². The summed E-state index contributed by atoms with van der Waals surface area (Å²) in [5.74, 6) is -2.98. The van der Waals surface area contributed by atoms with Gasteiger partial charge in [-0.05, 0) is 18.2 Å². The Labute approximate surface area is 277 Å². The number of ether oxygens (including phenoxy) is 7. The fourth-order valence-corrected chi connectivity index (χ4v) is 5.38. The average molecular weight is 698 g/mol. The monoisotopic (exact) mass is 697 g/mol. The highest BCUT2D eigenvalue weighted by atomic mass is 16.7. The van der Waals surface area contributed by atoms with Gasteiger partial charge in [-0.25, -0.2) is 0 Å². The zero-order valence-electron chi connectivity index (χ0n) is 26.0. The Kier molecular flexibility index (Phi) is 10.7. The van der Waals surface area contributed by atoms with E-state index in [0.717, 1.165) is 19.9 Å². The smallest absolute Gasteiger partial charge is 0.302 e. The minimum absolute atomic E-state index is 0.0653. The number of aromatic hydroxyl groups is 4. The van der Waals surface area contributed by atoms with Gasteiger partial charge in [0, 0.05) is 26.0 Å². The third kappa shape index (κ3) is 7.76. The number of carbonyl (C=O) groups is 2. The van der Waals surface area contributed by atoms with Crippen molar-refractivity contribution in [3.8, 4) is 28.7 Å². The number of fused-ring (bicyclic) bond motifs is 1. The van der Waals surface area contributed by atoms with Crippen molar-refractivity contribution in [2.45, 2.75) is 81.4 Å². The number of aliphatic hydroxyl groups excluding tert-OH is 6. The maximum Gasteiger partial charge on any atom is 0.302 e. The number of aliphatic hydroxyl groups is 7. The summed E-state index contributed by atoms with van der Waals surface area (Å²) in [7, 11) is 0. The standard InChI is InChI=1S/C31H36O18/c1-11(32)43-9-21-23(37)25(39)27(41)30(48-21)46-19-7-14(34)6-18-15(19)8-20(29(45-18)13-3-4-16(35)17(36)5-13)47-31-28(42)26(40)24(38)22(49-31)10-44-12(2)33/h3-8,21-31,34-42H,9-10H2,1-2H3/p+1. The van der Waals surface area contributed by atoms with E-state index >= 15 is 0 Å². The fraction of sp³-hybridized carbons (Fsp3) is 0.484. The van der Waals surface area contributed by atoms with Crippen LogP contribution in [0.1, 0.15) is 31.1 Å². The van der Waals surface area contributed by atoms with Gasteiger partial charge < -0.3 is 79.1 Å². The summed E-state index contributed by atoms with van der Waals surface area (Å²) in [6, 6.07) is 6.11. The summed E-state index contributed by atoms with van der Waals surface area (Å²) < 4.78 is 37.5. The predicted octanol–water partition coefficient (Wildman–Crippen LogP) is -1.72. The molecule has 3 heterocycles. The number of hydrogen-bond donors (Lipinski definition) is 9. The van der Waals surface area contributed by atoms with E-state index in [9.17, 15) is 55.5 Å². The maximum atomic E-state index is 11.4. The summed E-state index contributed by atoms with van der Waals surface area (Å²) in [4.78, 5) is 22.7. The Hall–Kier alpha value is -4.40. The van der Waals surface area contributed by atoms with Crippen molar-refractivity contribution in [1.82, 2.24) is 0 Å². The summed E-state index contributed by atoms with van der Waals surface area (Å²) in [5, 5.41) is 93.9. The van der Waals surface area contributed by atoms with Gasteiger partial charge in [-0.1, -0.05) is 0 Å². The minimum atomic E-state index is -1.84. The molecule has 2 fully saturated rings. The molecule has 0 aromatic heterocycles. The highest BCUT2D eigenvalue weighted by molar-refractivity contribution is 5.70. The first-order chi connectivity index (χ1) is 23.1. The highest BCUT2D eigenvalue weighted by Gasteiger charge is 2.48. The average Bonchev–Trinajstić information content (AvgIpc) is 3.05. The third-order valence-corrected chi connectivity index (χ3v) is 7.98. The van der Waals surface area contributed by atoms with Crippen LogP contribution in [0.2, 0.25) is 0 Å². The topological polar surface area (TPSA) is 284 Å². The molecule has 11 unspecified atom stereocenters. The number of rotatable bonds is 9. The van der Waals surface area contributed by atoms with Crippen LogP contribution in [0.25, 0.3) is 6.08 Å². The molecule has 268 valence electrons. The summed E-state index contributed by atoms with van der Waals surface area (Å²) in [6.45, 7) is 1.25. The lowest BCUT2D eigenvalue weighted by Gasteiger charge is -2.41. The minimum Gasteiger partial charge on any atom is -0.571 e. The van der Waals surface area contributed by atoms with Gasteiger partial charge in [-0.15, -0.1) is 0 Å². The number of benzene rings is 2. The lowest BCUT2D eigenvalue weighted by molar-refractivity contribution is -0.296. The van der Waals surface area contributed by atoms with Gasteiger partial charge in [0.25, 0.3) is 11.9 Å². The number of phenolic OH excluding ortho intramolecular Hbond substituents is 3. The molecule has 10 N–H and O–H groups in total. The molecule has 5 rings (SSSR count). The molecule has 49 heavy (non-hydrogen) atoms. The SMILES string of the molecule is CC(=O)OCC1OC(OC2=Cc3c(OC4OC(COC(C)=O)C(O)C(O)C4O)cc(O)cc3[OH+]C2c2ccc(O)c(O)c2)C(O)C(O)C1O. The van der Waals surface area contributed by atoms with Gasteiger partial charge in [0.1, 0.15) is 79.1 Å². The van der Waals surface area contributed by atoms with Crippen LogP contribution < -0.4 is 4.74 Å². The van der Waals surface area contributed by atoms with Gasteiger partial charge in [-0.2, -0.15) is 0 Å². The van der Waals surface area contributed by atoms with Crippen LogP contribution in [0, 0.1) is 0 Å². The number of hydrogen-bond acceptors (Lipinski definition) is 17. The molecule has 18 nitrogen and oxygen atoms in total. The first kappa shape index (κ1) is 35.9. The van der Waals surface area contributed by atoms with Crippen molar-refractivity contribution in [2.75, 3.05) is 13.2 Å². The Morgan fingerprint density at radius 3 is 1.80 bits per heavy atom. The number of carbonyl (C=O) groups excluding carboxylic acids is 2. The lowest BCUT2D eigenvalue weighted by Crippen LogP contribution is -2.60. The second-order valence-electron chi connectivity index (χ2n) is 11.6. The van der Waals surface area contributed by atoms with E-state index in [1.165, 1.54) is 30.3 Å². The van der Waals surface area contributed by atoms with Gasteiger partial charge in [0.2, 0.25) is 12.6 Å². The summed E-state index contributed by atoms with van der Waals surface area (Å²) in [5.41, 5.74) is 0.319. The lowest BCUT2D eigenvalue weighted by atomic mass is 9.98. The molecule has 18 heteroatoms. The van der Waals surface area contributed by atoms with Crippen LogP contribution in [-0.2, 0) is 33.3 Å². The quantitative estimate of drug-likeness (QED) is 0.0800. The van der Waals surface area contributed by atoms with E-state index in [0.29, 0.717) is 0 Å². The molecule has 2 aromatic carbocycles. The fourth-order valence-electron chi connectivity index (χ4n) is 5.38. The molecule has 0 saturated carbocycles.